The van der Waals surface area contributed by atoms with E-state index in [4.69, 9.17) is 10.9 Å². The van der Waals surface area contributed by atoms with Gasteiger partial charge in [-0.1, -0.05) is 5.16 Å². The van der Waals surface area contributed by atoms with Crippen molar-refractivity contribution in [2.24, 2.45) is 10.9 Å². The van der Waals surface area contributed by atoms with Crippen LogP contribution in [-0.2, 0) is 6.54 Å². The van der Waals surface area contributed by atoms with Crippen LogP contribution in [0.1, 0.15) is 11.1 Å². The standard InChI is InChI=1S/C11H13F4N3OS/c12-9-4-7(3-8(5-9)10(16)18-19)6-17-1-2-20-11(13,14)15/h3-5,17,19H,1-2,6H2,(H2,16,18). The van der Waals surface area contributed by atoms with Crippen LogP contribution < -0.4 is 11.1 Å². The van der Waals surface area contributed by atoms with Gasteiger partial charge in [0, 0.05) is 24.4 Å². The van der Waals surface area contributed by atoms with Crippen molar-refractivity contribution < 1.29 is 22.8 Å². The zero-order valence-electron chi connectivity index (χ0n) is 10.2. The van der Waals surface area contributed by atoms with Crippen LogP contribution in [0.2, 0.25) is 0 Å². The molecule has 20 heavy (non-hydrogen) atoms. The summed E-state index contributed by atoms with van der Waals surface area (Å²) in [4.78, 5) is 0. The van der Waals surface area contributed by atoms with Crippen molar-refractivity contribution in [3.05, 3.63) is 35.1 Å². The lowest BCUT2D eigenvalue weighted by molar-refractivity contribution is -0.0327. The van der Waals surface area contributed by atoms with Gasteiger partial charge in [-0.25, -0.2) is 4.39 Å². The highest BCUT2D eigenvalue weighted by atomic mass is 32.2. The lowest BCUT2D eigenvalue weighted by atomic mass is 10.1. The van der Waals surface area contributed by atoms with Gasteiger partial charge in [-0.05, 0) is 35.5 Å². The average molecular weight is 311 g/mol. The van der Waals surface area contributed by atoms with Crippen LogP contribution in [0.25, 0.3) is 0 Å². The summed E-state index contributed by atoms with van der Waals surface area (Å²) in [5, 5.41) is 14.0. The van der Waals surface area contributed by atoms with E-state index in [0.29, 0.717) is 5.56 Å². The molecule has 0 aliphatic rings. The average Bonchev–Trinajstić information content (AvgIpc) is 2.35. The van der Waals surface area contributed by atoms with Gasteiger partial charge in [0.1, 0.15) is 5.82 Å². The largest absolute Gasteiger partial charge is 0.441 e. The Morgan fingerprint density at radius 3 is 2.65 bits per heavy atom. The number of alkyl halides is 3. The minimum absolute atomic E-state index is 0.125. The van der Waals surface area contributed by atoms with E-state index in [1.807, 2.05) is 0 Å². The van der Waals surface area contributed by atoms with Gasteiger partial charge in [-0.3, -0.25) is 0 Å². The van der Waals surface area contributed by atoms with E-state index in [1.54, 1.807) is 0 Å². The molecule has 0 spiro atoms. The van der Waals surface area contributed by atoms with Crippen LogP contribution in [0.4, 0.5) is 17.6 Å². The number of nitrogens with zero attached hydrogens (tertiary/aromatic N) is 1. The van der Waals surface area contributed by atoms with E-state index >= 15 is 0 Å². The van der Waals surface area contributed by atoms with Crippen molar-refractivity contribution in [1.29, 1.82) is 0 Å². The molecule has 0 atom stereocenters. The van der Waals surface area contributed by atoms with E-state index in [9.17, 15) is 17.6 Å². The fourth-order valence-corrected chi connectivity index (χ4v) is 1.91. The molecule has 4 N–H and O–H groups in total. The highest BCUT2D eigenvalue weighted by molar-refractivity contribution is 8.00. The summed E-state index contributed by atoms with van der Waals surface area (Å²) in [5.41, 5.74) is 1.78. The normalized spacial score (nSPS) is 12.7. The predicted octanol–water partition coefficient (Wildman–Crippen LogP) is 2.26. The van der Waals surface area contributed by atoms with Gasteiger partial charge in [0.2, 0.25) is 0 Å². The third kappa shape index (κ3) is 6.11. The molecule has 0 heterocycles. The highest BCUT2D eigenvalue weighted by Gasteiger charge is 2.27. The fourth-order valence-electron chi connectivity index (χ4n) is 1.43. The van der Waals surface area contributed by atoms with Gasteiger partial charge < -0.3 is 16.3 Å². The molecule has 4 nitrogen and oxygen atoms in total. The number of nitrogens with one attached hydrogen (secondary N) is 1. The van der Waals surface area contributed by atoms with Crippen LogP contribution in [-0.4, -0.2) is 28.8 Å². The number of rotatable bonds is 6. The molecule has 0 aliphatic carbocycles. The van der Waals surface area contributed by atoms with Gasteiger partial charge in [0.05, 0.1) is 0 Å². The Kier molecular flexibility index (Phi) is 6.08. The summed E-state index contributed by atoms with van der Waals surface area (Å²) in [6, 6.07) is 3.80. The topological polar surface area (TPSA) is 70.6 Å². The summed E-state index contributed by atoms with van der Waals surface area (Å²) in [6.07, 6.45) is 0. The lowest BCUT2D eigenvalue weighted by Crippen LogP contribution is -2.19. The number of amidine groups is 1. The second-order valence-electron chi connectivity index (χ2n) is 3.80. The quantitative estimate of drug-likeness (QED) is 0.188. The molecule has 0 unspecified atom stereocenters. The lowest BCUT2D eigenvalue weighted by Gasteiger charge is -2.08. The number of oxime groups is 1. The first-order valence-electron chi connectivity index (χ1n) is 5.50. The molecule has 1 aromatic rings. The van der Waals surface area contributed by atoms with Gasteiger partial charge in [-0.15, -0.1) is 0 Å². The molecule has 0 aliphatic heterocycles. The van der Waals surface area contributed by atoms with Crippen LogP contribution in [0, 0.1) is 5.82 Å². The SMILES string of the molecule is N/C(=N/O)c1cc(F)cc(CNCCSC(F)(F)F)c1. The summed E-state index contributed by atoms with van der Waals surface area (Å²) in [5.74, 6) is -0.944. The first-order valence-corrected chi connectivity index (χ1v) is 6.49. The Morgan fingerprint density at radius 1 is 1.35 bits per heavy atom. The molecule has 0 saturated carbocycles. The zero-order chi connectivity index (χ0) is 15.2. The maximum absolute atomic E-state index is 13.3. The summed E-state index contributed by atoms with van der Waals surface area (Å²) in [7, 11) is 0. The Bertz CT molecular complexity index is 479. The van der Waals surface area contributed by atoms with Crippen molar-refractivity contribution in [3.63, 3.8) is 0 Å². The molecule has 0 amide bonds. The Hall–Kier alpha value is -1.48. The van der Waals surface area contributed by atoms with Gasteiger partial charge in [0.25, 0.3) is 0 Å². The molecular formula is C11H13F4N3OS. The number of halogens is 4. The van der Waals surface area contributed by atoms with E-state index in [0.717, 1.165) is 6.07 Å². The summed E-state index contributed by atoms with van der Waals surface area (Å²) >= 11 is -0.125. The second-order valence-corrected chi connectivity index (χ2v) is 4.96. The van der Waals surface area contributed by atoms with Gasteiger partial charge in [0.15, 0.2) is 5.84 Å². The van der Waals surface area contributed by atoms with Crippen LogP contribution in [0.5, 0.6) is 0 Å². The molecule has 0 bridgehead atoms. The van der Waals surface area contributed by atoms with Crippen LogP contribution in [0.3, 0.4) is 0 Å². The third-order valence-electron chi connectivity index (χ3n) is 2.23. The van der Waals surface area contributed by atoms with Crippen molar-refractivity contribution in [2.75, 3.05) is 12.3 Å². The molecule has 0 aromatic heterocycles. The predicted molar refractivity (Wildman–Crippen MR) is 69.1 cm³/mol. The first-order chi connectivity index (χ1) is 9.31. The van der Waals surface area contributed by atoms with Crippen molar-refractivity contribution >= 4 is 17.6 Å². The Labute approximate surface area is 117 Å². The van der Waals surface area contributed by atoms with Crippen molar-refractivity contribution in [3.8, 4) is 0 Å². The molecule has 0 saturated heterocycles. The van der Waals surface area contributed by atoms with Gasteiger partial charge >= 0.3 is 5.51 Å². The maximum atomic E-state index is 13.3. The minimum Gasteiger partial charge on any atom is -0.409 e. The molecular weight excluding hydrogens is 298 g/mol. The Balaban J connectivity index is 2.50. The number of nitrogens with two attached hydrogens (primary N) is 1. The molecule has 9 heteroatoms. The monoisotopic (exact) mass is 311 g/mol. The minimum atomic E-state index is -4.25. The highest BCUT2D eigenvalue weighted by Crippen LogP contribution is 2.29. The second kappa shape index (κ2) is 7.34. The Morgan fingerprint density at radius 2 is 2.05 bits per heavy atom. The maximum Gasteiger partial charge on any atom is 0.441 e. The molecule has 1 aromatic carbocycles. The molecule has 0 radical (unpaired) electrons. The van der Waals surface area contributed by atoms with E-state index in [-0.39, 0.29) is 42.0 Å². The summed E-state index contributed by atoms with van der Waals surface area (Å²) in [6.45, 7) is 0.307. The van der Waals surface area contributed by atoms with Gasteiger partial charge in [-0.2, -0.15) is 13.2 Å². The van der Waals surface area contributed by atoms with Crippen LogP contribution >= 0.6 is 11.8 Å². The smallest absolute Gasteiger partial charge is 0.409 e. The summed E-state index contributed by atoms with van der Waals surface area (Å²) < 4.78 is 48.9. The number of thioether (sulfide) groups is 1. The van der Waals surface area contributed by atoms with Crippen molar-refractivity contribution in [1.82, 2.24) is 5.32 Å². The molecule has 1 rings (SSSR count). The van der Waals surface area contributed by atoms with Crippen LogP contribution in [0.15, 0.2) is 23.4 Å². The number of benzene rings is 1. The first kappa shape index (κ1) is 16.6. The molecule has 112 valence electrons. The van der Waals surface area contributed by atoms with E-state index < -0.39 is 11.3 Å². The van der Waals surface area contributed by atoms with E-state index in [1.165, 1.54) is 12.1 Å². The molecule has 0 fully saturated rings. The number of hydrogen-bond acceptors (Lipinski definition) is 4. The zero-order valence-corrected chi connectivity index (χ0v) is 11.1. The number of hydrogen-bond donors (Lipinski definition) is 3. The van der Waals surface area contributed by atoms with Crippen molar-refractivity contribution in [2.45, 2.75) is 12.1 Å². The third-order valence-corrected chi connectivity index (χ3v) is 2.97. The fraction of sp³-hybridized carbons (Fsp3) is 0.364. The van der Waals surface area contributed by atoms with E-state index in [2.05, 4.69) is 10.5 Å².